The van der Waals surface area contributed by atoms with Gasteiger partial charge in [-0.2, -0.15) is 4.98 Å². The van der Waals surface area contributed by atoms with Crippen LogP contribution in [0.3, 0.4) is 0 Å². The highest BCUT2D eigenvalue weighted by Gasteiger charge is 2.24. The van der Waals surface area contributed by atoms with Gasteiger partial charge in [0, 0.05) is 17.9 Å². The predicted molar refractivity (Wildman–Crippen MR) is 67.1 cm³/mol. The molecule has 1 aliphatic heterocycles. The van der Waals surface area contributed by atoms with E-state index in [4.69, 9.17) is 4.52 Å². The van der Waals surface area contributed by atoms with Crippen LogP contribution in [0.5, 0.6) is 0 Å². The molecule has 1 aromatic heterocycles. The zero-order valence-electron chi connectivity index (χ0n) is 11.3. The van der Waals surface area contributed by atoms with Crippen LogP contribution in [0.15, 0.2) is 4.52 Å². The normalized spacial score (nSPS) is 22.1. The van der Waals surface area contributed by atoms with Crippen molar-refractivity contribution in [2.24, 2.45) is 5.92 Å². The van der Waals surface area contributed by atoms with Gasteiger partial charge in [0.1, 0.15) is 6.29 Å². The zero-order chi connectivity index (χ0) is 13.2. The molecular formula is C13H21N3O2. The number of carbonyl (C=O) groups is 1. The lowest BCUT2D eigenvalue weighted by molar-refractivity contribution is -0.112. The van der Waals surface area contributed by atoms with Crippen molar-refractivity contribution < 1.29 is 9.32 Å². The van der Waals surface area contributed by atoms with E-state index in [1.54, 1.807) is 0 Å². The van der Waals surface area contributed by atoms with Gasteiger partial charge >= 0.3 is 0 Å². The minimum atomic E-state index is -0.113. The Bertz CT molecular complexity index is 409. The van der Waals surface area contributed by atoms with E-state index < -0.39 is 0 Å². The van der Waals surface area contributed by atoms with E-state index in [1.165, 1.54) is 0 Å². The van der Waals surface area contributed by atoms with E-state index in [1.807, 2.05) is 20.8 Å². The number of nitrogens with zero attached hydrogens (tertiary/aromatic N) is 3. The Hall–Kier alpha value is -1.23. The van der Waals surface area contributed by atoms with Gasteiger partial charge in [-0.1, -0.05) is 25.9 Å². The summed E-state index contributed by atoms with van der Waals surface area (Å²) >= 11 is 0. The van der Waals surface area contributed by atoms with Crippen LogP contribution in [0.1, 0.15) is 45.3 Å². The van der Waals surface area contributed by atoms with Crippen LogP contribution < -0.4 is 0 Å². The van der Waals surface area contributed by atoms with Crippen molar-refractivity contribution in [1.82, 2.24) is 15.0 Å². The van der Waals surface area contributed by atoms with Gasteiger partial charge in [0.15, 0.2) is 5.82 Å². The van der Waals surface area contributed by atoms with Crippen molar-refractivity contribution in [2.75, 3.05) is 13.1 Å². The molecule has 2 rings (SSSR count). The third-order valence-electron chi connectivity index (χ3n) is 3.21. The Morgan fingerprint density at radius 1 is 1.50 bits per heavy atom. The van der Waals surface area contributed by atoms with Crippen molar-refractivity contribution in [3.63, 3.8) is 0 Å². The Kier molecular flexibility index (Phi) is 3.80. The molecule has 5 heteroatoms. The fraction of sp³-hybridized carbons (Fsp3) is 0.769. The lowest BCUT2D eigenvalue weighted by Gasteiger charge is -2.28. The number of aromatic nitrogens is 2. The number of rotatable bonds is 3. The third-order valence-corrected chi connectivity index (χ3v) is 3.21. The zero-order valence-corrected chi connectivity index (χ0v) is 11.3. The smallest absolute Gasteiger partial charge is 0.232 e. The summed E-state index contributed by atoms with van der Waals surface area (Å²) in [4.78, 5) is 17.5. The lowest BCUT2D eigenvalue weighted by atomic mass is 9.97. The van der Waals surface area contributed by atoms with Crippen LogP contribution in [-0.2, 0) is 16.8 Å². The number of piperidine rings is 1. The first-order valence-electron chi connectivity index (χ1n) is 6.50. The summed E-state index contributed by atoms with van der Waals surface area (Å²) in [5.74, 6) is 1.54. The highest BCUT2D eigenvalue weighted by molar-refractivity contribution is 5.53. The molecule has 0 aromatic carbocycles. The molecule has 5 nitrogen and oxygen atoms in total. The molecular weight excluding hydrogens is 230 g/mol. The maximum absolute atomic E-state index is 10.8. The van der Waals surface area contributed by atoms with Gasteiger partial charge < -0.3 is 9.32 Å². The number of hydrogen-bond donors (Lipinski definition) is 0. The average Bonchev–Trinajstić information content (AvgIpc) is 2.77. The second kappa shape index (κ2) is 5.18. The fourth-order valence-electron chi connectivity index (χ4n) is 2.17. The van der Waals surface area contributed by atoms with Crippen molar-refractivity contribution in [3.8, 4) is 0 Å². The minimum absolute atomic E-state index is 0.113. The van der Waals surface area contributed by atoms with Gasteiger partial charge in [0.05, 0.1) is 6.54 Å². The summed E-state index contributed by atoms with van der Waals surface area (Å²) in [6.45, 7) is 8.63. The van der Waals surface area contributed by atoms with Crippen molar-refractivity contribution in [1.29, 1.82) is 0 Å². The monoisotopic (exact) mass is 251 g/mol. The first-order chi connectivity index (χ1) is 8.49. The van der Waals surface area contributed by atoms with Crippen molar-refractivity contribution in [3.05, 3.63) is 11.7 Å². The lowest BCUT2D eigenvalue weighted by Crippen LogP contribution is -2.35. The summed E-state index contributed by atoms with van der Waals surface area (Å²) in [7, 11) is 0. The van der Waals surface area contributed by atoms with Crippen LogP contribution in [-0.4, -0.2) is 34.4 Å². The van der Waals surface area contributed by atoms with Crippen LogP contribution in [0, 0.1) is 5.92 Å². The first kappa shape index (κ1) is 13.2. The molecule has 2 heterocycles. The van der Waals surface area contributed by atoms with Crippen LogP contribution >= 0.6 is 0 Å². The largest absolute Gasteiger partial charge is 0.339 e. The van der Waals surface area contributed by atoms with Crippen molar-refractivity contribution in [2.45, 2.75) is 45.6 Å². The highest BCUT2D eigenvalue weighted by atomic mass is 16.5. The first-order valence-corrected chi connectivity index (χ1v) is 6.50. The summed E-state index contributed by atoms with van der Waals surface area (Å²) in [6.07, 6.45) is 3.12. The highest BCUT2D eigenvalue weighted by Crippen LogP contribution is 2.21. The maximum Gasteiger partial charge on any atom is 0.232 e. The number of hydrogen-bond acceptors (Lipinski definition) is 5. The number of aldehydes is 1. The molecule has 0 aliphatic carbocycles. The Morgan fingerprint density at radius 3 is 2.89 bits per heavy atom. The topological polar surface area (TPSA) is 59.2 Å². The quantitative estimate of drug-likeness (QED) is 0.766. The van der Waals surface area contributed by atoms with E-state index in [2.05, 4.69) is 15.0 Å². The molecule has 1 aliphatic rings. The summed E-state index contributed by atoms with van der Waals surface area (Å²) < 4.78 is 5.27. The number of carbonyl (C=O) groups excluding carboxylic acids is 1. The summed E-state index contributed by atoms with van der Waals surface area (Å²) in [6, 6.07) is 0. The molecule has 1 fully saturated rings. The molecule has 0 radical (unpaired) electrons. The van der Waals surface area contributed by atoms with Gasteiger partial charge in [0.25, 0.3) is 0 Å². The van der Waals surface area contributed by atoms with Crippen LogP contribution in [0.4, 0.5) is 0 Å². The molecule has 100 valence electrons. The van der Waals surface area contributed by atoms with Gasteiger partial charge in [-0.15, -0.1) is 0 Å². The Morgan fingerprint density at radius 2 is 2.28 bits per heavy atom. The average molecular weight is 251 g/mol. The second-order valence-corrected chi connectivity index (χ2v) is 6.04. The van der Waals surface area contributed by atoms with Crippen molar-refractivity contribution >= 4 is 6.29 Å². The summed E-state index contributed by atoms with van der Waals surface area (Å²) in [5.41, 5.74) is -0.113. The molecule has 0 saturated carbocycles. The molecule has 1 unspecified atom stereocenters. The molecule has 1 aromatic rings. The van der Waals surface area contributed by atoms with E-state index in [0.29, 0.717) is 18.3 Å². The van der Waals surface area contributed by atoms with Gasteiger partial charge in [0.2, 0.25) is 5.89 Å². The predicted octanol–water partition coefficient (Wildman–Crippen LogP) is 1.78. The SMILES string of the molecule is CC(C)(C)c1nc(CN2CCCC(C=O)C2)no1. The van der Waals surface area contributed by atoms with Gasteiger partial charge in [-0.25, -0.2) is 0 Å². The van der Waals surface area contributed by atoms with E-state index in [-0.39, 0.29) is 11.3 Å². The standard InChI is InChI=1S/C13H21N3O2/c1-13(2,3)12-14-11(15-18-12)8-16-6-4-5-10(7-16)9-17/h9-10H,4-8H2,1-3H3. The molecule has 0 N–H and O–H groups in total. The Labute approximate surface area is 108 Å². The minimum Gasteiger partial charge on any atom is -0.339 e. The molecule has 0 bridgehead atoms. The van der Waals surface area contributed by atoms with E-state index in [0.717, 1.165) is 32.2 Å². The molecule has 0 amide bonds. The van der Waals surface area contributed by atoms with Crippen LogP contribution in [0.2, 0.25) is 0 Å². The van der Waals surface area contributed by atoms with Gasteiger partial charge in [-0.3, -0.25) is 4.90 Å². The maximum atomic E-state index is 10.8. The van der Waals surface area contributed by atoms with E-state index >= 15 is 0 Å². The fourth-order valence-corrected chi connectivity index (χ4v) is 2.17. The molecule has 1 atom stereocenters. The molecule has 0 spiro atoms. The third kappa shape index (κ3) is 3.16. The molecule has 18 heavy (non-hydrogen) atoms. The summed E-state index contributed by atoms with van der Waals surface area (Å²) in [5, 5.41) is 4.01. The second-order valence-electron chi connectivity index (χ2n) is 6.04. The Balaban J connectivity index is 1.97. The molecule has 1 saturated heterocycles. The van der Waals surface area contributed by atoms with E-state index in [9.17, 15) is 4.79 Å². The van der Waals surface area contributed by atoms with Gasteiger partial charge in [-0.05, 0) is 19.4 Å². The van der Waals surface area contributed by atoms with Crippen LogP contribution in [0.25, 0.3) is 0 Å². The number of likely N-dealkylation sites (tertiary alicyclic amines) is 1.